The van der Waals surface area contributed by atoms with Gasteiger partial charge in [0.1, 0.15) is 0 Å². The molecule has 3 rings (SSSR count). The topological polar surface area (TPSA) is 38.9 Å². The van der Waals surface area contributed by atoms with Crippen LogP contribution < -0.4 is 5.73 Å². The summed E-state index contributed by atoms with van der Waals surface area (Å²) in [6.07, 6.45) is 2.77. The van der Waals surface area contributed by atoms with Crippen LogP contribution in [0.15, 0.2) is 60.8 Å². The highest BCUT2D eigenvalue weighted by molar-refractivity contribution is 5.86. The second kappa shape index (κ2) is 5.43. The molecule has 0 spiro atoms. The molecule has 0 fully saturated rings. The molecule has 1 unspecified atom stereocenters. The first kappa shape index (κ1) is 12.8. The minimum absolute atomic E-state index is 0.183. The zero-order valence-corrected chi connectivity index (χ0v) is 11.6. The Morgan fingerprint density at radius 2 is 1.80 bits per heavy atom. The van der Waals surface area contributed by atoms with Crippen molar-refractivity contribution in [2.75, 3.05) is 0 Å². The molecule has 0 aliphatic carbocycles. The number of aryl methyl sites for hydroxylation is 1. The molecule has 1 aromatic heterocycles. The van der Waals surface area contributed by atoms with Crippen molar-refractivity contribution < 1.29 is 0 Å². The fraction of sp³-hybridized carbons (Fsp3) is 0.167. The minimum atomic E-state index is -0.183. The summed E-state index contributed by atoms with van der Waals surface area (Å²) in [6, 6.07) is 18.5. The molecule has 2 heteroatoms. The highest BCUT2D eigenvalue weighted by atomic mass is 14.8. The molecule has 0 saturated carbocycles. The lowest BCUT2D eigenvalue weighted by Gasteiger charge is -2.17. The van der Waals surface area contributed by atoms with E-state index in [0.717, 1.165) is 17.7 Å². The van der Waals surface area contributed by atoms with Crippen LogP contribution in [-0.4, -0.2) is 4.98 Å². The summed E-state index contributed by atoms with van der Waals surface area (Å²) in [5.41, 5.74) is 9.83. The number of pyridine rings is 1. The van der Waals surface area contributed by atoms with Gasteiger partial charge in [-0.1, -0.05) is 55.5 Å². The lowest BCUT2D eigenvalue weighted by Crippen LogP contribution is -2.16. The minimum Gasteiger partial charge on any atom is -0.319 e. The predicted molar refractivity (Wildman–Crippen MR) is 83.6 cm³/mol. The summed E-state index contributed by atoms with van der Waals surface area (Å²) in [7, 11) is 0. The van der Waals surface area contributed by atoms with Gasteiger partial charge < -0.3 is 5.73 Å². The third kappa shape index (κ3) is 2.19. The van der Waals surface area contributed by atoms with Gasteiger partial charge in [0.2, 0.25) is 0 Å². The van der Waals surface area contributed by atoms with E-state index in [1.165, 1.54) is 16.3 Å². The third-order valence-electron chi connectivity index (χ3n) is 3.76. The Bertz CT molecular complexity index is 729. The summed E-state index contributed by atoms with van der Waals surface area (Å²) in [4.78, 5) is 4.51. The monoisotopic (exact) mass is 262 g/mol. The summed E-state index contributed by atoms with van der Waals surface area (Å²) < 4.78 is 0. The zero-order chi connectivity index (χ0) is 13.9. The third-order valence-corrected chi connectivity index (χ3v) is 3.76. The number of nitrogens with two attached hydrogens (primary N) is 1. The molecule has 0 aliphatic rings. The molecule has 20 heavy (non-hydrogen) atoms. The second-order valence-corrected chi connectivity index (χ2v) is 4.95. The van der Waals surface area contributed by atoms with Gasteiger partial charge in [-0.15, -0.1) is 0 Å². The number of hydrogen-bond donors (Lipinski definition) is 1. The average molecular weight is 262 g/mol. The van der Waals surface area contributed by atoms with E-state index >= 15 is 0 Å². The maximum Gasteiger partial charge on any atom is 0.0735 e. The molecule has 0 bridgehead atoms. The van der Waals surface area contributed by atoms with Crippen LogP contribution in [-0.2, 0) is 6.42 Å². The van der Waals surface area contributed by atoms with E-state index in [4.69, 9.17) is 5.73 Å². The van der Waals surface area contributed by atoms with Crippen molar-refractivity contribution in [2.24, 2.45) is 5.73 Å². The normalized spacial score (nSPS) is 12.5. The molecule has 0 radical (unpaired) electrons. The van der Waals surface area contributed by atoms with E-state index in [9.17, 15) is 0 Å². The molecule has 0 saturated heterocycles. The fourth-order valence-electron chi connectivity index (χ4n) is 2.70. The van der Waals surface area contributed by atoms with E-state index in [1.807, 2.05) is 12.3 Å². The van der Waals surface area contributed by atoms with Gasteiger partial charge in [-0.3, -0.25) is 4.98 Å². The predicted octanol–water partition coefficient (Wildman–Crippen LogP) is 3.85. The molecule has 100 valence electrons. The van der Waals surface area contributed by atoms with Crippen molar-refractivity contribution in [3.05, 3.63) is 77.6 Å². The Morgan fingerprint density at radius 1 is 1.00 bits per heavy atom. The smallest absolute Gasteiger partial charge is 0.0735 e. The molecule has 3 aromatic rings. The SMILES string of the molecule is CCc1cccnc1C(N)c1cccc2ccccc12. The first-order valence-electron chi connectivity index (χ1n) is 6.98. The van der Waals surface area contributed by atoms with Crippen molar-refractivity contribution in [1.82, 2.24) is 4.98 Å². The van der Waals surface area contributed by atoms with Gasteiger partial charge in [0.25, 0.3) is 0 Å². The van der Waals surface area contributed by atoms with E-state index in [1.54, 1.807) is 0 Å². The summed E-state index contributed by atoms with van der Waals surface area (Å²) in [5, 5.41) is 2.42. The fourth-order valence-corrected chi connectivity index (χ4v) is 2.70. The maximum atomic E-state index is 6.50. The van der Waals surface area contributed by atoms with Crippen molar-refractivity contribution in [2.45, 2.75) is 19.4 Å². The average Bonchev–Trinajstić information content (AvgIpc) is 2.53. The second-order valence-electron chi connectivity index (χ2n) is 4.95. The Balaban J connectivity index is 2.15. The Kier molecular flexibility index (Phi) is 3.48. The highest BCUT2D eigenvalue weighted by Gasteiger charge is 2.15. The largest absolute Gasteiger partial charge is 0.319 e. The standard InChI is InChI=1S/C18H18N2/c1-2-13-9-6-12-20-18(13)17(19)16-11-5-8-14-7-3-4-10-15(14)16/h3-12,17H,2,19H2,1H3. The van der Waals surface area contributed by atoms with Crippen LogP contribution in [0.1, 0.15) is 29.8 Å². The Morgan fingerprint density at radius 3 is 2.65 bits per heavy atom. The van der Waals surface area contributed by atoms with Crippen molar-refractivity contribution >= 4 is 10.8 Å². The van der Waals surface area contributed by atoms with Crippen molar-refractivity contribution in [3.63, 3.8) is 0 Å². The molecule has 2 nitrogen and oxygen atoms in total. The van der Waals surface area contributed by atoms with Crippen LogP contribution >= 0.6 is 0 Å². The molecule has 0 amide bonds. The van der Waals surface area contributed by atoms with E-state index in [2.05, 4.69) is 60.4 Å². The molecule has 0 aliphatic heterocycles. The number of benzene rings is 2. The van der Waals surface area contributed by atoms with Crippen LogP contribution in [0, 0.1) is 0 Å². The zero-order valence-electron chi connectivity index (χ0n) is 11.6. The molecule has 1 atom stereocenters. The number of rotatable bonds is 3. The van der Waals surface area contributed by atoms with Crippen LogP contribution in [0.2, 0.25) is 0 Å². The Labute approximate surface area is 119 Å². The van der Waals surface area contributed by atoms with Gasteiger partial charge in [0.05, 0.1) is 11.7 Å². The first-order chi connectivity index (χ1) is 9.81. The van der Waals surface area contributed by atoms with Crippen LogP contribution in [0.25, 0.3) is 10.8 Å². The number of hydrogen-bond acceptors (Lipinski definition) is 2. The van der Waals surface area contributed by atoms with Crippen LogP contribution in [0.5, 0.6) is 0 Å². The molecule has 2 aromatic carbocycles. The highest BCUT2D eigenvalue weighted by Crippen LogP contribution is 2.27. The molecule has 1 heterocycles. The van der Waals surface area contributed by atoms with Crippen LogP contribution in [0.3, 0.4) is 0 Å². The van der Waals surface area contributed by atoms with E-state index in [-0.39, 0.29) is 6.04 Å². The van der Waals surface area contributed by atoms with Crippen LogP contribution in [0.4, 0.5) is 0 Å². The van der Waals surface area contributed by atoms with Crippen molar-refractivity contribution in [1.29, 1.82) is 0 Å². The lowest BCUT2D eigenvalue weighted by atomic mass is 9.94. The van der Waals surface area contributed by atoms with Crippen molar-refractivity contribution in [3.8, 4) is 0 Å². The van der Waals surface area contributed by atoms with Gasteiger partial charge in [-0.05, 0) is 34.4 Å². The summed E-state index contributed by atoms with van der Waals surface area (Å²) in [5.74, 6) is 0. The van der Waals surface area contributed by atoms with Gasteiger partial charge in [0.15, 0.2) is 0 Å². The quantitative estimate of drug-likeness (QED) is 0.778. The van der Waals surface area contributed by atoms with Gasteiger partial charge in [-0.25, -0.2) is 0 Å². The first-order valence-corrected chi connectivity index (χ1v) is 6.98. The number of fused-ring (bicyclic) bond motifs is 1. The van der Waals surface area contributed by atoms with Gasteiger partial charge in [0, 0.05) is 6.20 Å². The molecule has 2 N–H and O–H groups in total. The number of nitrogens with zero attached hydrogens (tertiary/aromatic N) is 1. The van der Waals surface area contributed by atoms with Gasteiger partial charge in [-0.2, -0.15) is 0 Å². The molecular weight excluding hydrogens is 244 g/mol. The Hall–Kier alpha value is -2.19. The maximum absolute atomic E-state index is 6.50. The molecular formula is C18H18N2. The summed E-state index contributed by atoms with van der Waals surface area (Å²) >= 11 is 0. The summed E-state index contributed by atoms with van der Waals surface area (Å²) in [6.45, 7) is 2.14. The number of aromatic nitrogens is 1. The van der Waals surface area contributed by atoms with E-state index in [0.29, 0.717) is 0 Å². The van der Waals surface area contributed by atoms with Gasteiger partial charge >= 0.3 is 0 Å². The van der Waals surface area contributed by atoms with E-state index < -0.39 is 0 Å². The lowest BCUT2D eigenvalue weighted by molar-refractivity contribution is 0.812.